The fourth-order valence-corrected chi connectivity index (χ4v) is 3.02. The normalized spacial score (nSPS) is 16.0. The van der Waals surface area contributed by atoms with Gasteiger partial charge >= 0.3 is 0 Å². The fourth-order valence-electron chi connectivity index (χ4n) is 3.02. The van der Waals surface area contributed by atoms with E-state index in [2.05, 4.69) is 25.8 Å². The lowest BCUT2D eigenvalue weighted by atomic mass is 10.2. The van der Waals surface area contributed by atoms with E-state index in [0.717, 1.165) is 30.7 Å². The Morgan fingerprint density at radius 3 is 2.86 bits per heavy atom. The van der Waals surface area contributed by atoms with Crippen LogP contribution in [0.25, 0.3) is 5.69 Å². The van der Waals surface area contributed by atoms with E-state index in [-0.39, 0.29) is 18.6 Å². The summed E-state index contributed by atoms with van der Waals surface area (Å²) in [7, 11) is 0. The van der Waals surface area contributed by atoms with Crippen LogP contribution in [0.4, 0.5) is 0 Å². The molecule has 3 aromatic rings. The third-order valence-corrected chi connectivity index (χ3v) is 4.66. The molecule has 29 heavy (non-hydrogen) atoms. The van der Waals surface area contributed by atoms with Crippen molar-refractivity contribution in [1.29, 1.82) is 0 Å². The number of ether oxygens (including phenoxy) is 2. The van der Waals surface area contributed by atoms with Crippen LogP contribution in [0.15, 0.2) is 42.6 Å². The molecule has 1 atom stereocenters. The molecule has 4 rings (SSSR count). The molecule has 0 spiro atoms. The van der Waals surface area contributed by atoms with Crippen molar-refractivity contribution < 1.29 is 14.3 Å². The monoisotopic (exact) mass is 394 g/mol. The standard InChI is InChI=1S/C20H22N6O3/c1-14-4-7-16(8-5-14)26-18(23-24-25-26)12-22-20(27)15-6-9-19(21-11-15)29-13-17-3-2-10-28-17/h4-9,11,17H,2-3,10,12-13H2,1H3,(H,22,27)/t17-/m0/s1. The first-order valence-corrected chi connectivity index (χ1v) is 9.52. The van der Waals surface area contributed by atoms with Gasteiger partial charge in [-0.25, -0.2) is 4.98 Å². The predicted octanol–water partition coefficient (Wildman–Crippen LogP) is 1.85. The first-order chi connectivity index (χ1) is 14.2. The number of aryl methyl sites for hydroxylation is 1. The van der Waals surface area contributed by atoms with Crippen LogP contribution >= 0.6 is 0 Å². The van der Waals surface area contributed by atoms with Crippen LogP contribution in [-0.4, -0.2) is 50.4 Å². The van der Waals surface area contributed by atoms with E-state index in [1.54, 1.807) is 16.8 Å². The molecule has 1 aliphatic heterocycles. The molecule has 0 unspecified atom stereocenters. The maximum atomic E-state index is 12.4. The first kappa shape index (κ1) is 19.0. The summed E-state index contributed by atoms with van der Waals surface area (Å²) in [4.78, 5) is 16.6. The van der Waals surface area contributed by atoms with Crippen LogP contribution in [0.3, 0.4) is 0 Å². The topological polar surface area (TPSA) is 104 Å². The summed E-state index contributed by atoms with van der Waals surface area (Å²) in [6, 6.07) is 11.2. The number of aromatic nitrogens is 5. The van der Waals surface area contributed by atoms with Crippen LogP contribution in [0.1, 0.15) is 34.6 Å². The molecule has 2 aromatic heterocycles. The zero-order valence-electron chi connectivity index (χ0n) is 16.1. The van der Waals surface area contributed by atoms with Crippen molar-refractivity contribution in [3.63, 3.8) is 0 Å². The van der Waals surface area contributed by atoms with Gasteiger partial charge in [-0.1, -0.05) is 17.7 Å². The summed E-state index contributed by atoms with van der Waals surface area (Å²) in [5.74, 6) is 0.744. The minimum atomic E-state index is -0.262. The van der Waals surface area contributed by atoms with Crippen molar-refractivity contribution in [2.75, 3.05) is 13.2 Å². The summed E-state index contributed by atoms with van der Waals surface area (Å²) in [6.45, 7) is 3.46. The number of nitrogens with zero attached hydrogens (tertiary/aromatic N) is 5. The average Bonchev–Trinajstić information content (AvgIpc) is 3.43. The van der Waals surface area contributed by atoms with Crippen LogP contribution in [0, 0.1) is 6.92 Å². The molecular weight excluding hydrogens is 372 g/mol. The molecule has 1 aliphatic rings. The van der Waals surface area contributed by atoms with Gasteiger partial charge in [0.1, 0.15) is 6.61 Å². The van der Waals surface area contributed by atoms with Crippen LogP contribution in [-0.2, 0) is 11.3 Å². The van der Waals surface area contributed by atoms with E-state index in [4.69, 9.17) is 9.47 Å². The number of hydrogen-bond acceptors (Lipinski definition) is 7. The molecule has 1 saturated heterocycles. The largest absolute Gasteiger partial charge is 0.475 e. The lowest BCUT2D eigenvalue weighted by Gasteiger charge is -2.11. The van der Waals surface area contributed by atoms with E-state index in [1.165, 1.54) is 6.20 Å². The van der Waals surface area contributed by atoms with Gasteiger partial charge in [0.05, 0.1) is 23.9 Å². The summed E-state index contributed by atoms with van der Waals surface area (Å²) in [6.07, 6.45) is 3.68. The molecule has 9 heteroatoms. The minimum Gasteiger partial charge on any atom is -0.475 e. The summed E-state index contributed by atoms with van der Waals surface area (Å²) >= 11 is 0. The highest BCUT2D eigenvalue weighted by Gasteiger charge is 2.16. The Balaban J connectivity index is 1.33. The molecule has 9 nitrogen and oxygen atoms in total. The quantitative estimate of drug-likeness (QED) is 0.652. The fraction of sp³-hybridized carbons (Fsp3) is 0.350. The van der Waals surface area contributed by atoms with Gasteiger partial charge in [0.25, 0.3) is 5.91 Å². The second kappa shape index (κ2) is 8.78. The van der Waals surface area contributed by atoms with Gasteiger partial charge in [-0.2, -0.15) is 4.68 Å². The molecule has 0 aliphatic carbocycles. The maximum Gasteiger partial charge on any atom is 0.253 e. The summed E-state index contributed by atoms with van der Waals surface area (Å²) in [5.41, 5.74) is 2.41. The van der Waals surface area contributed by atoms with E-state index in [9.17, 15) is 4.79 Å². The molecule has 1 fully saturated rings. The Morgan fingerprint density at radius 1 is 1.28 bits per heavy atom. The molecule has 3 heterocycles. The van der Waals surface area contributed by atoms with Gasteiger partial charge in [0.2, 0.25) is 5.88 Å². The zero-order valence-corrected chi connectivity index (χ0v) is 16.1. The predicted molar refractivity (Wildman–Crippen MR) is 104 cm³/mol. The second-order valence-electron chi connectivity index (χ2n) is 6.86. The van der Waals surface area contributed by atoms with E-state index < -0.39 is 0 Å². The van der Waals surface area contributed by atoms with E-state index in [1.807, 2.05) is 31.2 Å². The SMILES string of the molecule is Cc1ccc(-n2nnnc2CNC(=O)c2ccc(OC[C@@H]3CCCO3)nc2)cc1. The Kier molecular flexibility index (Phi) is 5.76. The Labute approximate surface area is 168 Å². The highest BCUT2D eigenvalue weighted by Crippen LogP contribution is 2.15. The van der Waals surface area contributed by atoms with Gasteiger partial charge in [-0.3, -0.25) is 4.79 Å². The minimum absolute atomic E-state index is 0.124. The van der Waals surface area contributed by atoms with E-state index in [0.29, 0.717) is 23.9 Å². The Hall–Kier alpha value is -3.33. The van der Waals surface area contributed by atoms with Gasteiger partial charge < -0.3 is 14.8 Å². The van der Waals surface area contributed by atoms with Crippen LogP contribution < -0.4 is 10.1 Å². The molecule has 0 bridgehead atoms. The maximum absolute atomic E-state index is 12.4. The number of benzene rings is 1. The van der Waals surface area contributed by atoms with E-state index >= 15 is 0 Å². The van der Waals surface area contributed by atoms with Crippen molar-refractivity contribution in [2.45, 2.75) is 32.4 Å². The van der Waals surface area contributed by atoms with Crippen molar-refractivity contribution >= 4 is 5.91 Å². The molecule has 0 saturated carbocycles. The number of amides is 1. The smallest absolute Gasteiger partial charge is 0.253 e. The highest BCUT2D eigenvalue weighted by molar-refractivity contribution is 5.93. The summed E-state index contributed by atoms with van der Waals surface area (Å²) < 4.78 is 12.7. The number of carbonyl (C=O) groups is 1. The second-order valence-corrected chi connectivity index (χ2v) is 6.86. The Bertz CT molecular complexity index is 949. The molecule has 0 radical (unpaired) electrons. The molecule has 150 valence electrons. The highest BCUT2D eigenvalue weighted by atomic mass is 16.5. The van der Waals surface area contributed by atoms with Crippen LogP contribution in [0.5, 0.6) is 5.88 Å². The Morgan fingerprint density at radius 2 is 2.14 bits per heavy atom. The average molecular weight is 394 g/mol. The molecule has 1 aromatic carbocycles. The molecular formula is C20H22N6O3. The number of nitrogens with one attached hydrogen (secondary N) is 1. The van der Waals surface area contributed by atoms with Gasteiger partial charge in [0.15, 0.2) is 5.82 Å². The molecule has 1 amide bonds. The number of tetrazole rings is 1. The number of hydrogen-bond donors (Lipinski definition) is 1. The zero-order chi connectivity index (χ0) is 20.1. The number of carbonyl (C=O) groups excluding carboxylic acids is 1. The van der Waals surface area contributed by atoms with Gasteiger partial charge in [-0.05, 0) is 48.4 Å². The van der Waals surface area contributed by atoms with Gasteiger partial charge in [0, 0.05) is 18.9 Å². The number of rotatable bonds is 7. The van der Waals surface area contributed by atoms with Crippen LogP contribution in [0.2, 0.25) is 0 Å². The lowest BCUT2D eigenvalue weighted by molar-refractivity contribution is 0.0663. The number of pyridine rings is 1. The van der Waals surface area contributed by atoms with Gasteiger partial charge in [-0.15, -0.1) is 5.10 Å². The molecule has 1 N–H and O–H groups in total. The summed E-state index contributed by atoms with van der Waals surface area (Å²) in [5, 5.41) is 14.5. The lowest BCUT2D eigenvalue weighted by Crippen LogP contribution is -2.25. The first-order valence-electron chi connectivity index (χ1n) is 9.52. The third kappa shape index (κ3) is 4.75. The van der Waals surface area contributed by atoms with Crippen molar-refractivity contribution in [1.82, 2.24) is 30.5 Å². The van der Waals surface area contributed by atoms with Crippen molar-refractivity contribution in [3.05, 3.63) is 59.5 Å². The van der Waals surface area contributed by atoms with Crippen molar-refractivity contribution in [3.8, 4) is 11.6 Å². The third-order valence-electron chi connectivity index (χ3n) is 4.66. The van der Waals surface area contributed by atoms with Crippen molar-refractivity contribution in [2.24, 2.45) is 0 Å².